The Kier molecular flexibility index (Phi) is 5.91. The normalized spacial score (nSPS) is 11.9. The van der Waals surface area contributed by atoms with Crippen LogP contribution in [0.3, 0.4) is 0 Å². The van der Waals surface area contributed by atoms with E-state index in [4.69, 9.17) is 4.74 Å². The van der Waals surface area contributed by atoms with Crippen molar-refractivity contribution in [1.82, 2.24) is 0 Å². The molecule has 0 aromatic heterocycles. The van der Waals surface area contributed by atoms with Crippen LogP contribution in [0.5, 0.6) is 0 Å². The molecule has 1 aromatic rings. The third kappa shape index (κ3) is 5.13. The van der Waals surface area contributed by atoms with Crippen LogP contribution in [-0.2, 0) is 9.53 Å². The lowest BCUT2D eigenvalue weighted by atomic mass is 10.1. The van der Waals surface area contributed by atoms with Gasteiger partial charge < -0.3 is 9.53 Å². The molecule has 0 saturated carbocycles. The summed E-state index contributed by atoms with van der Waals surface area (Å²) in [7, 11) is 0. The molecule has 0 aliphatic carbocycles. The Balaban J connectivity index is 2.39. The summed E-state index contributed by atoms with van der Waals surface area (Å²) in [6.07, 6.45) is 2.00. The van der Waals surface area contributed by atoms with Gasteiger partial charge in [-0.3, -0.25) is 0 Å². The van der Waals surface area contributed by atoms with Gasteiger partial charge in [0, 0.05) is 11.2 Å². The summed E-state index contributed by atoms with van der Waals surface area (Å²) in [4.78, 5) is 21.8. The van der Waals surface area contributed by atoms with Crippen molar-refractivity contribution in [2.75, 3.05) is 6.61 Å². The van der Waals surface area contributed by atoms with Gasteiger partial charge in [0.05, 0.1) is 5.56 Å². The maximum Gasteiger partial charge on any atom is 0.338 e. The summed E-state index contributed by atoms with van der Waals surface area (Å²) in [6.45, 7) is 2.24. The smallest absolute Gasteiger partial charge is 0.338 e. The highest BCUT2D eigenvalue weighted by Crippen LogP contribution is 2.10. The molecule has 3 nitrogen and oxygen atoms in total. The van der Waals surface area contributed by atoms with E-state index >= 15 is 0 Å². The highest BCUT2D eigenvalue weighted by atomic mass is 79.9. The highest BCUT2D eigenvalue weighted by molar-refractivity contribution is 9.09. The minimum Gasteiger partial charge on any atom is -0.461 e. The van der Waals surface area contributed by atoms with Gasteiger partial charge in [-0.1, -0.05) is 33.6 Å². The molecule has 0 spiro atoms. The van der Waals surface area contributed by atoms with E-state index in [1.54, 1.807) is 12.1 Å². The molecule has 0 heterocycles. The van der Waals surface area contributed by atoms with E-state index in [2.05, 4.69) is 15.9 Å². The maximum absolute atomic E-state index is 11.6. The van der Waals surface area contributed by atoms with E-state index in [0.717, 1.165) is 11.8 Å². The van der Waals surface area contributed by atoms with Crippen molar-refractivity contribution < 1.29 is 14.3 Å². The number of carbonyl (C=O) groups is 2. The van der Waals surface area contributed by atoms with Gasteiger partial charge in [0.2, 0.25) is 0 Å². The summed E-state index contributed by atoms with van der Waals surface area (Å²) in [5.41, 5.74) is 1.65. The van der Waals surface area contributed by atoms with Crippen LogP contribution >= 0.6 is 15.9 Å². The van der Waals surface area contributed by atoms with Crippen LogP contribution in [0.2, 0.25) is 0 Å². The Labute approximate surface area is 109 Å². The molecule has 0 aliphatic heterocycles. The predicted molar refractivity (Wildman–Crippen MR) is 69.5 cm³/mol. The average molecular weight is 299 g/mol. The number of carbonyl (C=O) groups excluding carboxylic acids is 2. The Morgan fingerprint density at radius 1 is 1.41 bits per heavy atom. The van der Waals surface area contributed by atoms with Crippen LogP contribution < -0.4 is 0 Å². The number of aryl methyl sites for hydroxylation is 1. The molecule has 1 rings (SSSR count). The fourth-order valence-corrected chi connectivity index (χ4v) is 1.67. The number of esters is 1. The molecule has 0 amide bonds. The first-order valence-electron chi connectivity index (χ1n) is 5.45. The number of aldehydes is 1. The van der Waals surface area contributed by atoms with Gasteiger partial charge >= 0.3 is 5.97 Å². The zero-order valence-corrected chi connectivity index (χ0v) is 11.3. The van der Waals surface area contributed by atoms with Gasteiger partial charge in [0.15, 0.2) is 0 Å². The molecule has 92 valence electrons. The molecule has 0 saturated heterocycles. The fraction of sp³-hybridized carbons (Fsp3) is 0.385. The monoisotopic (exact) mass is 298 g/mol. The van der Waals surface area contributed by atoms with Crippen LogP contribution in [0, 0.1) is 6.92 Å². The summed E-state index contributed by atoms with van der Waals surface area (Å²) < 4.78 is 5.13. The van der Waals surface area contributed by atoms with Crippen LogP contribution in [0.25, 0.3) is 0 Å². The third-order valence-electron chi connectivity index (χ3n) is 2.28. The first-order valence-corrected chi connectivity index (χ1v) is 6.36. The molecule has 0 unspecified atom stereocenters. The van der Waals surface area contributed by atoms with E-state index in [9.17, 15) is 9.59 Å². The second kappa shape index (κ2) is 7.22. The van der Waals surface area contributed by atoms with Crippen molar-refractivity contribution >= 4 is 28.2 Å². The molecule has 0 bridgehead atoms. The number of hydrogen-bond donors (Lipinski definition) is 0. The highest BCUT2D eigenvalue weighted by Gasteiger charge is 2.10. The van der Waals surface area contributed by atoms with E-state index in [-0.39, 0.29) is 17.4 Å². The molecule has 0 fully saturated rings. The van der Waals surface area contributed by atoms with Gasteiger partial charge in [-0.2, -0.15) is 0 Å². The second-order valence-electron chi connectivity index (χ2n) is 3.81. The first-order chi connectivity index (χ1) is 8.13. The number of hydrogen-bond acceptors (Lipinski definition) is 3. The topological polar surface area (TPSA) is 43.4 Å². The van der Waals surface area contributed by atoms with Crippen LogP contribution in [0.15, 0.2) is 24.3 Å². The van der Waals surface area contributed by atoms with Gasteiger partial charge in [-0.25, -0.2) is 4.79 Å². The van der Waals surface area contributed by atoms with E-state index in [1.807, 2.05) is 19.1 Å². The SMILES string of the molecule is Cc1ccc(C(=O)OC[C@H](Br)CCC=O)cc1. The summed E-state index contributed by atoms with van der Waals surface area (Å²) in [5.74, 6) is -0.333. The Hall–Kier alpha value is -1.16. The molecule has 0 aliphatic rings. The molecule has 0 N–H and O–H groups in total. The third-order valence-corrected chi connectivity index (χ3v) is 3.00. The summed E-state index contributed by atoms with van der Waals surface area (Å²) in [5, 5.41) is 0. The van der Waals surface area contributed by atoms with E-state index in [1.165, 1.54) is 0 Å². The first kappa shape index (κ1) is 13.9. The fourth-order valence-electron chi connectivity index (χ4n) is 1.27. The van der Waals surface area contributed by atoms with Crippen molar-refractivity contribution in [3.8, 4) is 0 Å². The molecular weight excluding hydrogens is 284 g/mol. The van der Waals surface area contributed by atoms with Crippen molar-refractivity contribution in [2.24, 2.45) is 0 Å². The van der Waals surface area contributed by atoms with Crippen molar-refractivity contribution in [3.63, 3.8) is 0 Å². The van der Waals surface area contributed by atoms with Gasteiger partial charge in [0.1, 0.15) is 12.9 Å². The summed E-state index contributed by atoms with van der Waals surface area (Å²) >= 11 is 3.36. The molecule has 1 aromatic carbocycles. The van der Waals surface area contributed by atoms with E-state index < -0.39 is 0 Å². The molecule has 17 heavy (non-hydrogen) atoms. The van der Waals surface area contributed by atoms with Gasteiger partial charge in [0.25, 0.3) is 0 Å². The van der Waals surface area contributed by atoms with Crippen molar-refractivity contribution in [2.45, 2.75) is 24.6 Å². The van der Waals surface area contributed by atoms with Crippen LogP contribution in [-0.4, -0.2) is 23.7 Å². The number of halogens is 1. The molecule has 4 heteroatoms. The Morgan fingerprint density at radius 2 is 2.06 bits per heavy atom. The maximum atomic E-state index is 11.6. The van der Waals surface area contributed by atoms with Gasteiger partial charge in [-0.15, -0.1) is 0 Å². The number of ether oxygens (including phenoxy) is 1. The Morgan fingerprint density at radius 3 is 2.65 bits per heavy atom. The minimum atomic E-state index is -0.333. The number of alkyl halides is 1. The number of benzene rings is 1. The van der Waals surface area contributed by atoms with Crippen LogP contribution in [0.4, 0.5) is 0 Å². The Bertz CT molecular complexity index is 373. The van der Waals surface area contributed by atoms with Crippen LogP contribution in [0.1, 0.15) is 28.8 Å². The lowest BCUT2D eigenvalue weighted by Gasteiger charge is -2.09. The lowest BCUT2D eigenvalue weighted by molar-refractivity contribution is -0.107. The zero-order valence-electron chi connectivity index (χ0n) is 9.69. The lowest BCUT2D eigenvalue weighted by Crippen LogP contribution is -2.14. The zero-order chi connectivity index (χ0) is 12.7. The largest absolute Gasteiger partial charge is 0.461 e. The average Bonchev–Trinajstić information content (AvgIpc) is 2.34. The quantitative estimate of drug-likeness (QED) is 0.461. The minimum absolute atomic E-state index is 0.0297. The molecule has 0 radical (unpaired) electrons. The summed E-state index contributed by atoms with van der Waals surface area (Å²) in [6, 6.07) is 7.22. The number of rotatable bonds is 6. The second-order valence-corrected chi connectivity index (χ2v) is 5.10. The standard InChI is InChI=1S/C13H15BrO3/c1-10-4-6-11(7-5-10)13(16)17-9-12(14)3-2-8-15/h4-8,12H,2-3,9H2,1H3/t12-/m1/s1. The molecule has 1 atom stereocenters. The predicted octanol–water partition coefficient (Wildman–Crippen LogP) is 2.89. The van der Waals surface area contributed by atoms with Gasteiger partial charge in [-0.05, 0) is 25.5 Å². The van der Waals surface area contributed by atoms with Crippen molar-refractivity contribution in [1.29, 1.82) is 0 Å². The van der Waals surface area contributed by atoms with Crippen molar-refractivity contribution in [3.05, 3.63) is 35.4 Å². The van der Waals surface area contributed by atoms with E-state index in [0.29, 0.717) is 18.4 Å². The molecular formula is C13H15BrO3.